The third kappa shape index (κ3) is 5.16. The zero-order valence-corrected chi connectivity index (χ0v) is 13.5. The van der Waals surface area contributed by atoms with Crippen LogP contribution in [0.3, 0.4) is 0 Å². The summed E-state index contributed by atoms with van der Waals surface area (Å²) in [6.45, 7) is 7.38. The van der Waals surface area contributed by atoms with E-state index in [1.807, 2.05) is 27.7 Å². The summed E-state index contributed by atoms with van der Waals surface area (Å²) in [6.07, 6.45) is 3.92. The predicted octanol–water partition coefficient (Wildman–Crippen LogP) is 3.88. The Kier molecular flexibility index (Phi) is 6.06. The molecule has 0 unspecified atom stereocenters. The second-order valence-corrected chi connectivity index (χ2v) is 6.53. The van der Waals surface area contributed by atoms with Crippen molar-refractivity contribution < 1.29 is 14.3 Å². The molecule has 1 amide bonds. The fourth-order valence-corrected chi connectivity index (χ4v) is 2.37. The van der Waals surface area contributed by atoms with Gasteiger partial charge in [-0.25, -0.2) is 4.79 Å². The first-order valence-corrected chi connectivity index (χ1v) is 7.59. The fraction of sp³-hybridized carbons (Fsp3) is 0.733. The smallest absolute Gasteiger partial charge is 0.414 e. The van der Waals surface area contributed by atoms with Crippen molar-refractivity contribution in [2.24, 2.45) is 0 Å². The van der Waals surface area contributed by atoms with Gasteiger partial charge in [-0.2, -0.15) is 0 Å². The van der Waals surface area contributed by atoms with E-state index in [0.29, 0.717) is 18.7 Å². The van der Waals surface area contributed by atoms with Crippen LogP contribution in [0.15, 0.2) is 11.8 Å². The van der Waals surface area contributed by atoms with Crippen LogP contribution in [0, 0.1) is 0 Å². The monoisotopic (exact) mass is 301 g/mol. The molecule has 0 N–H and O–H groups in total. The molecule has 0 aliphatic carbocycles. The van der Waals surface area contributed by atoms with Crippen molar-refractivity contribution in [1.29, 1.82) is 0 Å². The van der Waals surface area contributed by atoms with Gasteiger partial charge in [0.25, 0.3) is 0 Å². The number of alkyl halides is 1. The lowest BCUT2D eigenvalue weighted by molar-refractivity contribution is -0.116. The standard InChI is InChI=1S/C15H24ClNO3/c1-11-9-13(18)10-12(7-5-6-8-16)17(11)14(19)20-15(2,3)4/h10-11H,5-9H2,1-4H3/t11-/m0/s1. The second-order valence-electron chi connectivity index (χ2n) is 6.15. The lowest BCUT2D eigenvalue weighted by Crippen LogP contribution is -2.44. The van der Waals surface area contributed by atoms with Crippen molar-refractivity contribution in [3.8, 4) is 0 Å². The summed E-state index contributed by atoms with van der Waals surface area (Å²) in [6, 6.07) is -0.159. The van der Waals surface area contributed by atoms with E-state index < -0.39 is 5.60 Å². The summed E-state index contributed by atoms with van der Waals surface area (Å²) in [5, 5.41) is 0. The zero-order chi connectivity index (χ0) is 15.3. The van der Waals surface area contributed by atoms with E-state index in [0.717, 1.165) is 18.5 Å². The number of carbonyl (C=O) groups is 2. The third-order valence-electron chi connectivity index (χ3n) is 2.98. The van der Waals surface area contributed by atoms with Gasteiger partial charge in [0.2, 0.25) is 0 Å². The number of ether oxygens (including phenoxy) is 1. The van der Waals surface area contributed by atoms with Crippen LogP contribution in [0.1, 0.15) is 53.4 Å². The molecule has 0 aromatic carbocycles. The van der Waals surface area contributed by atoms with Crippen LogP contribution < -0.4 is 0 Å². The molecule has 0 aromatic rings. The Morgan fingerprint density at radius 2 is 2.10 bits per heavy atom. The molecule has 0 fully saturated rings. The minimum absolute atomic E-state index is 0.0678. The quantitative estimate of drug-likeness (QED) is 0.585. The Hall–Kier alpha value is -1.03. The lowest BCUT2D eigenvalue weighted by atomic mass is 10.0. The highest BCUT2D eigenvalue weighted by Gasteiger charge is 2.32. The van der Waals surface area contributed by atoms with Crippen LogP contribution in [0.25, 0.3) is 0 Å². The summed E-state index contributed by atoms with van der Waals surface area (Å²) < 4.78 is 5.43. The molecular formula is C15H24ClNO3. The Bertz CT molecular complexity index is 398. The van der Waals surface area contributed by atoms with Crippen LogP contribution in [0.5, 0.6) is 0 Å². The molecular weight excluding hydrogens is 278 g/mol. The molecule has 4 nitrogen and oxygen atoms in total. The summed E-state index contributed by atoms with van der Waals surface area (Å²) in [4.78, 5) is 25.6. The summed E-state index contributed by atoms with van der Waals surface area (Å²) in [5.74, 6) is 0.654. The van der Waals surface area contributed by atoms with Gasteiger partial charge in [-0.3, -0.25) is 9.69 Å². The van der Waals surface area contributed by atoms with E-state index in [1.165, 1.54) is 0 Å². The molecule has 1 rings (SSSR count). The molecule has 0 bridgehead atoms. The van der Waals surface area contributed by atoms with Gasteiger partial charge in [-0.05, 0) is 47.0 Å². The van der Waals surface area contributed by atoms with E-state index in [1.54, 1.807) is 11.0 Å². The molecule has 1 heterocycles. The first-order chi connectivity index (χ1) is 9.24. The van der Waals surface area contributed by atoms with E-state index in [4.69, 9.17) is 16.3 Å². The maximum Gasteiger partial charge on any atom is 0.414 e. The van der Waals surface area contributed by atoms with Gasteiger partial charge in [0.1, 0.15) is 5.60 Å². The van der Waals surface area contributed by atoms with Crippen LogP contribution in [-0.2, 0) is 9.53 Å². The SMILES string of the molecule is C[C@H]1CC(=O)C=C(CCCCCl)N1C(=O)OC(C)(C)C. The normalized spacial score (nSPS) is 19.9. The molecule has 0 radical (unpaired) electrons. The molecule has 0 spiro atoms. The van der Waals surface area contributed by atoms with Gasteiger partial charge in [-0.15, -0.1) is 11.6 Å². The van der Waals surface area contributed by atoms with Crippen LogP contribution in [-0.4, -0.2) is 34.3 Å². The zero-order valence-electron chi connectivity index (χ0n) is 12.7. The second kappa shape index (κ2) is 7.11. The molecule has 0 saturated carbocycles. The number of rotatable bonds is 4. The van der Waals surface area contributed by atoms with E-state index in [-0.39, 0.29) is 17.9 Å². The topological polar surface area (TPSA) is 46.6 Å². The molecule has 114 valence electrons. The van der Waals surface area contributed by atoms with Gasteiger partial charge >= 0.3 is 6.09 Å². The summed E-state index contributed by atoms with van der Waals surface area (Å²) in [5.41, 5.74) is 0.201. The number of unbranched alkanes of at least 4 members (excludes halogenated alkanes) is 1. The largest absolute Gasteiger partial charge is 0.443 e. The molecule has 5 heteroatoms. The van der Waals surface area contributed by atoms with Gasteiger partial charge < -0.3 is 4.74 Å². The summed E-state index contributed by atoms with van der Waals surface area (Å²) in [7, 11) is 0. The highest BCUT2D eigenvalue weighted by molar-refractivity contribution is 6.17. The fourth-order valence-electron chi connectivity index (χ4n) is 2.18. The average Bonchev–Trinajstić information content (AvgIpc) is 2.25. The minimum atomic E-state index is -0.542. The maximum atomic E-state index is 12.3. The van der Waals surface area contributed by atoms with Crippen LogP contribution in [0.4, 0.5) is 4.79 Å². The number of hydrogen-bond acceptors (Lipinski definition) is 3. The number of hydrogen-bond donors (Lipinski definition) is 0. The number of allylic oxidation sites excluding steroid dienone is 2. The van der Waals surface area contributed by atoms with E-state index in [2.05, 4.69) is 0 Å². The molecule has 1 aliphatic rings. The highest BCUT2D eigenvalue weighted by atomic mass is 35.5. The number of nitrogens with zero attached hydrogens (tertiary/aromatic N) is 1. The van der Waals surface area contributed by atoms with E-state index in [9.17, 15) is 9.59 Å². The van der Waals surface area contributed by atoms with Crippen molar-refractivity contribution in [2.75, 3.05) is 5.88 Å². The molecule has 1 aliphatic heterocycles. The predicted molar refractivity (Wildman–Crippen MR) is 79.8 cm³/mol. The Balaban J connectivity index is 2.84. The number of carbonyl (C=O) groups excluding carboxylic acids is 2. The number of ketones is 1. The van der Waals surface area contributed by atoms with Crippen LogP contribution >= 0.6 is 11.6 Å². The van der Waals surface area contributed by atoms with Crippen molar-refractivity contribution in [2.45, 2.75) is 65.0 Å². The Morgan fingerprint density at radius 3 is 2.65 bits per heavy atom. The van der Waals surface area contributed by atoms with Gasteiger partial charge in [-0.1, -0.05) is 0 Å². The minimum Gasteiger partial charge on any atom is -0.443 e. The summed E-state index contributed by atoms with van der Waals surface area (Å²) >= 11 is 5.67. The van der Waals surface area contributed by atoms with Crippen molar-refractivity contribution in [3.63, 3.8) is 0 Å². The molecule has 20 heavy (non-hydrogen) atoms. The third-order valence-corrected chi connectivity index (χ3v) is 3.25. The highest BCUT2D eigenvalue weighted by Crippen LogP contribution is 2.26. The number of amides is 1. The molecule has 1 atom stereocenters. The first-order valence-electron chi connectivity index (χ1n) is 7.06. The lowest BCUT2D eigenvalue weighted by Gasteiger charge is -2.35. The Morgan fingerprint density at radius 1 is 1.45 bits per heavy atom. The van der Waals surface area contributed by atoms with Crippen molar-refractivity contribution in [1.82, 2.24) is 4.90 Å². The van der Waals surface area contributed by atoms with E-state index >= 15 is 0 Å². The van der Waals surface area contributed by atoms with Crippen molar-refractivity contribution >= 4 is 23.5 Å². The van der Waals surface area contributed by atoms with Gasteiger partial charge in [0, 0.05) is 30.1 Å². The molecule has 0 aromatic heterocycles. The number of halogens is 1. The molecule has 0 saturated heterocycles. The van der Waals surface area contributed by atoms with Gasteiger partial charge in [0.05, 0.1) is 0 Å². The Labute approximate surface area is 126 Å². The first kappa shape index (κ1) is 17.0. The van der Waals surface area contributed by atoms with Crippen LogP contribution in [0.2, 0.25) is 0 Å². The van der Waals surface area contributed by atoms with Gasteiger partial charge in [0.15, 0.2) is 5.78 Å². The maximum absolute atomic E-state index is 12.3. The average molecular weight is 302 g/mol. The van der Waals surface area contributed by atoms with Crippen molar-refractivity contribution in [3.05, 3.63) is 11.8 Å².